The third-order valence-electron chi connectivity index (χ3n) is 2.79. The Morgan fingerprint density at radius 1 is 1.05 bits per heavy atom. The molecule has 2 aromatic rings. The molecule has 0 atom stereocenters. The van der Waals surface area contributed by atoms with Gasteiger partial charge in [0.15, 0.2) is 0 Å². The van der Waals surface area contributed by atoms with E-state index in [1.54, 1.807) is 0 Å². The van der Waals surface area contributed by atoms with Gasteiger partial charge in [-0.05, 0) is 29.7 Å². The average Bonchev–Trinajstić information content (AvgIpc) is 2.46. The maximum Gasteiger partial charge on any atom is 0.283 e. The third kappa shape index (κ3) is 4.45. The first-order chi connectivity index (χ1) is 9.28. The van der Waals surface area contributed by atoms with Crippen LogP contribution in [0, 0.1) is 0 Å². The summed E-state index contributed by atoms with van der Waals surface area (Å²) in [7, 11) is 0. The fourth-order valence-corrected chi connectivity index (χ4v) is 2.43. The van der Waals surface area contributed by atoms with Gasteiger partial charge >= 0.3 is 0 Å². The van der Waals surface area contributed by atoms with Crippen LogP contribution in [0.15, 0.2) is 54.6 Å². The second-order valence-electron chi connectivity index (χ2n) is 4.24. The summed E-state index contributed by atoms with van der Waals surface area (Å²) < 4.78 is 0. The molecule has 0 aliphatic heterocycles. The van der Waals surface area contributed by atoms with Crippen LogP contribution in [-0.2, 0) is 12.2 Å². The molecule has 0 fully saturated rings. The lowest BCUT2D eigenvalue weighted by atomic mass is 10.1. The average molecular weight is 271 g/mol. The second-order valence-corrected chi connectivity index (χ2v) is 5.19. The molecular formula is C16H17NOS. The van der Waals surface area contributed by atoms with Crippen molar-refractivity contribution in [1.29, 1.82) is 0 Å². The molecule has 0 radical (unpaired) electrons. The number of carbonyl (C=O) groups is 1. The summed E-state index contributed by atoms with van der Waals surface area (Å²) in [6.07, 6.45) is 0.973. The van der Waals surface area contributed by atoms with Crippen LogP contribution in [0.2, 0.25) is 0 Å². The van der Waals surface area contributed by atoms with E-state index in [0.717, 1.165) is 17.7 Å². The van der Waals surface area contributed by atoms with E-state index in [9.17, 15) is 4.79 Å². The molecule has 3 heteroatoms. The second kappa shape index (κ2) is 7.00. The Morgan fingerprint density at radius 2 is 1.79 bits per heavy atom. The van der Waals surface area contributed by atoms with Crippen molar-refractivity contribution in [2.24, 2.45) is 0 Å². The van der Waals surface area contributed by atoms with Crippen molar-refractivity contribution in [2.45, 2.75) is 19.1 Å². The Bertz CT molecular complexity index is 539. The maximum absolute atomic E-state index is 11.8. The normalized spacial score (nSPS) is 10.2. The Labute approximate surface area is 118 Å². The summed E-state index contributed by atoms with van der Waals surface area (Å²) >= 11 is 1.29. The van der Waals surface area contributed by atoms with E-state index in [0.29, 0.717) is 5.75 Å². The van der Waals surface area contributed by atoms with E-state index >= 15 is 0 Å². The van der Waals surface area contributed by atoms with Crippen LogP contribution in [0.4, 0.5) is 10.5 Å². The quantitative estimate of drug-likeness (QED) is 0.872. The van der Waals surface area contributed by atoms with Crippen molar-refractivity contribution in [3.05, 3.63) is 65.7 Å². The van der Waals surface area contributed by atoms with Crippen LogP contribution < -0.4 is 5.32 Å². The summed E-state index contributed by atoms with van der Waals surface area (Å²) in [6.45, 7) is 2.10. The summed E-state index contributed by atoms with van der Waals surface area (Å²) in [6, 6.07) is 18.0. The fourth-order valence-electron chi connectivity index (χ4n) is 1.75. The van der Waals surface area contributed by atoms with Crippen LogP contribution in [0.3, 0.4) is 0 Å². The molecule has 2 aromatic carbocycles. The molecule has 0 spiro atoms. The molecule has 0 aliphatic carbocycles. The van der Waals surface area contributed by atoms with E-state index in [1.807, 2.05) is 48.5 Å². The first-order valence-electron chi connectivity index (χ1n) is 6.34. The van der Waals surface area contributed by atoms with E-state index < -0.39 is 0 Å². The van der Waals surface area contributed by atoms with Gasteiger partial charge in [-0.25, -0.2) is 0 Å². The Kier molecular flexibility index (Phi) is 5.04. The van der Waals surface area contributed by atoms with Crippen molar-refractivity contribution in [2.75, 3.05) is 5.32 Å². The van der Waals surface area contributed by atoms with Gasteiger partial charge in [-0.1, -0.05) is 61.2 Å². The predicted octanol–water partition coefficient (Wildman–Crippen LogP) is 4.71. The number of anilines is 1. The van der Waals surface area contributed by atoms with Crippen molar-refractivity contribution < 1.29 is 4.79 Å². The van der Waals surface area contributed by atoms with Crippen LogP contribution in [-0.4, -0.2) is 5.24 Å². The number of benzene rings is 2. The smallest absolute Gasteiger partial charge is 0.283 e. The van der Waals surface area contributed by atoms with Crippen LogP contribution in [0.5, 0.6) is 0 Å². The highest BCUT2D eigenvalue weighted by atomic mass is 32.2. The van der Waals surface area contributed by atoms with E-state index in [-0.39, 0.29) is 5.24 Å². The van der Waals surface area contributed by atoms with Gasteiger partial charge in [0.25, 0.3) is 5.24 Å². The van der Waals surface area contributed by atoms with Crippen molar-refractivity contribution in [3.63, 3.8) is 0 Å². The molecule has 0 aromatic heterocycles. The summed E-state index contributed by atoms with van der Waals surface area (Å²) in [5.41, 5.74) is 3.25. The Hall–Kier alpha value is -1.74. The number of aryl methyl sites for hydroxylation is 1. The minimum Gasteiger partial charge on any atom is -0.317 e. The van der Waals surface area contributed by atoms with Gasteiger partial charge in [0.2, 0.25) is 0 Å². The Balaban J connectivity index is 1.87. The van der Waals surface area contributed by atoms with Gasteiger partial charge in [-0.2, -0.15) is 0 Å². The number of hydrogen-bond donors (Lipinski definition) is 1. The molecule has 0 bridgehead atoms. The van der Waals surface area contributed by atoms with Gasteiger partial charge in [-0.15, -0.1) is 0 Å². The number of carbonyl (C=O) groups excluding carboxylic acids is 1. The molecule has 1 amide bonds. The van der Waals surface area contributed by atoms with Gasteiger partial charge in [0.05, 0.1) is 0 Å². The zero-order valence-electron chi connectivity index (χ0n) is 10.9. The highest BCUT2D eigenvalue weighted by Gasteiger charge is 2.04. The fraction of sp³-hybridized carbons (Fsp3) is 0.188. The van der Waals surface area contributed by atoms with Crippen molar-refractivity contribution >= 4 is 22.7 Å². The summed E-state index contributed by atoms with van der Waals surface area (Å²) in [4.78, 5) is 11.8. The lowest BCUT2D eigenvalue weighted by Crippen LogP contribution is -2.05. The van der Waals surface area contributed by atoms with Gasteiger partial charge in [-0.3, -0.25) is 4.79 Å². The maximum atomic E-state index is 11.8. The zero-order chi connectivity index (χ0) is 13.5. The number of thioether (sulfide) groups is 1. The monoisotopic (exact) mass is 271 g/mol. The third-order valence-corrected chi connectivity index (χ3v) is 3.64. The van der Waals surface area contributed by atoms with Gasteiger partial charge in [0, 0.05) is 11.4 Å². The highest BCUT2D eigenvalue weighted by Crippen LogP contribution is 2.17. The molecule has 19 heavy (non-hydrogen) atoms. The van der Waals surface area contributed by atoms with Crippen LogP contribution >= 0.6 is 11.8 Å². The summed E-state index contributed by atoms with van der Waals surface area (Å²) in [5, 5.41) is 2.89. The molecule has 2 rings (SSSR count). The topological polar surface area (TPSA) is 29.1 Å². The summed E-state index contributed by atoms with van der Waals surface area (Å²) in [5.74, 6) is 0.695. The predicted molar refractivity (Wildman–Crippen MR) is 82.6 cm³/mol. The largest absolute Gasteiger partial charge is 0.317 e. The molecule has 2 nitrogen and oxygen atoms in total. The van der Waals surface area contributed by atoms with E-state index in [1.165, 1.54) is 17.3 Å². The van der Waals surface area contributed by atoms with Crippen molar-refractivity contribution in [1.82, 2.24) is 0 Å². The molecular weight excluding hydrogens is 254 g/mol. The molecule has 0 saturated heterocycles. The molecule has 98 valence electrons. The minimum atomic E-state index is -0.0166. The van der Waals surface area contributed by atoms with Crippen molar-refractivity contribution in [3.8, 4) is 0 Å². The van der Waals surface area contributed by atoms with Gasteiger partial charge in [0.1, 0.15) is 0 Å². The molecule has 0 aliphatic rings. The van der Waals surface area contributed by atoms with E-state index in [2.05, 4.69) is 18.3 Å². The minimum absolute atomic E-state index is 0.0166. The molecule has 0 unspecified atom stereocenters. The number of rotatable bonds is 4. The lowest BCUT2D eigenvalue weighted by Gasteiger charge is -2.06. The van der Waals surface area contributed by atoms with Gasteiger partial charge < -0.3 is 5.32 Å². The number of nitrogens with one attached hydrogen (secondary N) is 1. The highest BCUT2D eigenvalue weighted by molar-refractivity contribution is 8.13. The lowest BCUT2D eigenvalue weighted by molar-refractivity contribution is 0.269. The standard InChI is InChI=1S/C16H17NOS/c1-2-13-9-6-10-15(11-13)17-16(18)19-12-14-7-4-3-5-8-14/h3-11H,2,12H2,1H3,(H,17,18). The zero-order valence-corrected chi connectivity index (χ0v) is 11.7. The first-order valence-corrected chi connectivity index (χ1v) is 7.33. The van der Waals surface area contributed by atoms with E-state index in [4.69, 9.17) is 0 Å². The van der Waals surface area contributed by atoms with Crippen LogP contribution in [0.1, 0.15) is 18.1 Å². The number of hydrogen-bond acceptors (Lipinski definition) is 2. The SMILES string of the molecule is CCc1cccc(NC(=O)SCc2ccccc2)c1. The number of amides is 1. The molecule has 1 N–H and O–H groups in total. The molecule has 0 saturated carbocycles. The first kappa shape index (κ1) is 13.7. The Morgan fingerprint density at radius 3 is 2.53 bits per heavy atom. The molecule has 0 heterocycles. The van der Waals surface area contributed by atoms with Crippen LogP contribution in [0.25, 0.3) is 0 Å².